The van der Waals surface area contributed by atoms with E-state index in [-0.39, 0.29) is 16.4 Å². The molecule has 0 radical (unpaired) electrons. The predicted molar refractivity (Wildman–Crippen MR) is 112 cm³/mol. The maximum absolute atomic E-state index is 13.1. The number of halogens is 4. The first-order chi connectivity index (χ1) is 15.2. The van der Waals surface area contributed by atoms with Crippen LogP contribution >= 0.6 is 11.6 Å². The van der Waals surface area contributed by atoms with Crippen molar-refractivity contribution in [2.75, 3.05) is 11.6 Å². The number of esters is 1. The number of hydrazone groups is 1. The van der Waals surface area contributed by atoms with Gasteiger partial charge in [-0.1, -0.05) is 48.0 Å². The van der Waals surface area contributed by atoms with Crippen LogP contribution in [0.15, 0.2) is 78.0 Å². The molecule has 0 aliphatic heterocycles. The van der Waals surface area contributed by atoms with Crippen LogP contribution in [0.4, 0.5) is 18.9 Å². The fraction of sp³-hybridized carbons (Fsp3) is 0.0909. The molecule has 3 aromatic rings. The smallest absolute Gasteiger partial charge is 0.416 e. The molecule has 6 nitrogen and oxygen atoms in total. The first-order valence-electron chi connectivity index (χ1n) is 9.12. The van der Waals surface area contributed by atoms with Gasteiger partial charge in [0.1, 0.15) is 5.15 Å². The highest BCUT2D eigenvalue weighted by atomic mass is 35.5. The van der Waals surface area contributed by atoms with Crippen LogP contribution in [0.5, 0.6) is 0 Å². The highest BCUT2D eigenvalue weighted by Crippen LogP contribution is 2.31. The van der Waals surface area contributed by atoms with Gasteiger partial charge in [-0.2, -0.15) is 23.3 Å². The van der Waals surface area contributed by atoms with Gasteiger partial charge in [0.05, 0.1) is 23.0 Å². The minimum absolute atomic E-state index is 0.0561. The zero-order valence-electron chi connectivity index (χ0n) is 16.3. The summed E-state index contributed by atoms with van der Waals surface area (Å²) in [5, 5.41) is 4.94. The molecule has 0 N–H and O–H groups in total. The molecule has 3 rings (SSSR count). The molecule has 0 saturated carbocycles. The predicted octanol–water partition coefficient (Wildman–Crippen LogP) is 4.98. The summed E-state index contributed by atoms with van der Waals surface area (Å²) in [6, 6.07) is 15.5. The van der Waals surface area contributed by atoms with E-state index >= 15 is 0 Å². The minimum Gasteiger partial charge on any atom is -0.452 e. The van der Waals surface area contributed by atoms with Gasteiger partial charge >= 0.3 is 12.1 Å². The second-order valence-corrected chi connectivity index (χ2v) is 6.74. The van der Waals surface area contributed by atoms with Gasteiger partial charge in [-0.05, 0) is 35.9 Å². The lowest BCUT2D eigenvalue weighted by Gasteiger charge is -2.18. The van der Waals surface area contributed by atoms with Crippen molar-refractivity contribution in [1.82, 2.24) is 4.98 Å². The summed E-state index contributed by atoms with van der Waals surface area (Å²) in [4.78, 5) is 28.6. The molecule has 0 saturated heterocycles. The van der Waals surface area contributed by atoms with Crippen molar-refractivity contribution in [3.05, 3.63) is 94.8 Å². The number of anilines is 1. The second-order valence-electron chi connectivity index (χ2n) is 6.35. The number of pyridine rings is 1. The molecule has 0 fully saturated rings. The molecular weight excluding hydrogens is 447 g/mol. The molecule has 10 heteroatoms. The van der Waals surface area contributed by atoms with E-state index in [1.54, 1.807) is 30.3 Å². The van der Waals surface area contributed by atoms with Crippen molar-refractivity contribution in [2.24, 2.45) is 5.10 Å². The molecule has 1 amide bonds. The molecule has 164 valence electrons. The van der Waals surface area contributed by atoms with E-state index in [0.717, 1.165) is 23.2 Å². The Morgan fingerprint density at radius 3 is 2.47 bits per heavy atom. The summed E-state index contributed by atoms with van der Waals surface area (Å²) < 4.78 is 44.4. The molecule has 2 aromatic carbocycles. The summed E-state index contributed by atoms with van der Waals surface area (Å²) in [7, 11) is 0. The molecular formula is C22H15ClF3N3O3. The Morgan fingerprint density at radius 1 is 1.06 bits per heavy atom. The van der Waals surface area contributed by atoms with Gasteiger partial charge in [-0.25, -0.2) is 9.78 Å². The number of benzene rings is 2. The standard InChI is InChI=1S/C22H15ClF3N3O3/c23-19-10-9-16(13-27-19)21(31)32-14-20(30)29(28-12-15-5-2-1-3-6-15)18-8-4-7-17(11-18)22(24,25)26/h1-13H,14H2. The molecule has 1 heterocycles. The highest BCUT2D eigenvalue weighted by Gasteiger charge is 2.31. The van der Waals surface area contributed by atoms with Crippen molar-refractivity contribution in [3.8, 4) is 0 Å². The topological polar surface area (TPSA) is 71.9 Å². The Hall–Kier alpha value is -3.72. The van der Waals surface area contributed by atoms with Crippen molar-refractivity contribution in [2.45, 2.75) is 6.18 Å². The van der Waals surface area contributed by atoms with Crippen molar-refractivity contribution in [1.29, 1.82) is 0 Å². The fourth-order valence-corrected chi connectivity index (χ4v) is 2.63. The van der Waals surface area contributed by atoms with Crippen LogP contribution in [0.25, 0.3) is 0 Å². The normalized spacial score (nSPS) is 11.4. The van der Waals surface area contributed by atoms with Crippen LogP contribution in [-0.2, 0) is 15.7 Å². The number of hydrogen-bond acceptors (Lipinski definition) is 5. The quantitative estimate of drug-likeness (QED) is 0.225. The van der Waals surface area contributed by atoms with E-state index in [1.807, 2.05) is 0 Å². The largest absolute Gasteiger partial charge is 0.452 e. The highest BCUT2D eigenvalue weighted by molar-refractivity contribution is 6.29. The third-order valence-electron chi connectivity index (χ3n) is 4.07. The lowest BCUT2D eigenvalue weighted by Crippen LogP contribution is -2.31. The number of hydrogen-bond donors (Lipinski definition) is 0. The first-order valence-corrected chi connectivity index (χ1v) is 9.50. The number of ether oxygens (including phenoxy) is 1. The van der Waals surface area contributed by atoms with Gasteiger partial charge in [0.2, 0.25) is 0 Å². The SMILES string of the molecule is O=C(OCC(=O)N(N=Cc1ccccc1)c1cccc(C(F)(F)F)c1)c1ccc(Cl)nc1. The molecule has 0 unspecified atom stereocenters. The molecule has 0 aliphatic carbocycles. The van der Waals surface area contributed by atoms with Crippen LogP contribution in [0, 0.1) is 0 Å². The van der Waals surface area contributed by atoms with Gasteiger partial charge in [0, 0.05) is 6.20 Å². The molecule has 0 aliphatic rings. The van der Waals surface area contributed by atoms with Crippen LogP contribution in [0.3, 0.4) is 0 Å². The Kier molecular flexibility index (Phi) is 7.21. The average molecular weight is 462 g/mol. The summed E-state index contributed by atoms with van der Waals surface area (Å²) in [5.41, 5.74) is -0.421. The molecule has 0 atom stereocenters. The zero-order chi connectivity index (χ0) is 23.1. The van der Waals surface area contributed by atoms with Gasteiger partial charge in [0.25, 0.3) is 5.91 Å². The van der Waals surface area contributed by atoms with Gasteiger partial charge < -0.3 is 4.74 Å². The molecule has 1 aromatic heterocycles. The monoisotopic (exact) mass is 461 g/mol. The lowest BCUT2D eigenvalue weighted by atomic mass is 10.2. The van der Waals surface area contributed by atoms with Crippen LogP contribution in [0.2, 0.25) is 5.15 Å². The van der Waals surface area contributed by atoms with E-state index < -0.39 is 30.2 Å². The fourth-order valence-electron chi connectivity index (χ4n) is 2.52. The van der Waals surface area contributed by atoms with Gasteiger partial charge in [-0.15, -0.1) is 0 Å². The molecule has 32 heavy (non-hydrogen) atoms. The van der Waals surface area contributed by atoms with E-state index in [1.165, 1.54) is 30.6 Å². The number of alkyl halides is 3. The van der Waals surface area contributed by atoms with Gasteiger partial charge in [0.15, 0.2) is 6.61 Å². The maximum Gasteiger partial charge on any atom is 0.416 e. The van der Waals surface area contributed by atoms with E-state index in [9.17, 15) is 22.8 Å². The van der Waals surface area contributed by atoms with Crippen molar-refractivity contribution < 1.29 is 27.5 Å². The van der Waals surface area contributed by atoms with Crippen LogP contribution < -0.4 is 5.01 Å². The van der Waals surface area contributed by atoms with Crippen molar-refractivity contribution >= 4 is 35.4 Å². The Labute approximate surface area is 185 Å². The third-order valence-corrected chi connectivity index (χ3v) is 4.29. The van der Waals surface area contributed by atoms with Crippen molar-refractivity contribution in [3.63, 3.8) is 0 Å². The average Bonchev–Trinajstić information content (AvgIpc) is 2.78. The number of amides is 1. The van der Waals surface area contributed by atoms with Crippen LogP contribution in [0.1, 0.15) is 21.5 Å². The first kappa shape index (κ1) is 23.0. The Morgan fingerprint density at radius 2 is 1.81 bits per heavy atom. The molecule has 0 spiro atoms. The Bertz CT molecular complexity index is 1120. The third kappa shape index (κ3) is 6.14. The van der Waals surface area contributed by atoms with E-state index in [0.29, 0.717) is 5.56 Å². The van der Waals surface area contributed by atoms with Crippen LogP contribution in [-0.4, -0.2) is 29.7 Å². The molecule has 0 bridgehead atoms. The summed E-state index contributed by atoms with van der Waals surface area (Å²) >= 11 is 5.66. The number of rotatable bonds is 6. The summed E-state index contributed by atoms with van der Waals surface area (Å²) in [5.74, 6) is -1.70. The summed E-state index contributed by atoms with van der Waals surface area (Å²) in [6.07, 6.45) is -2.13. The zero-order valence-corrected chi connectivity index (χ0v) is 17.0. The minimum atomic E-state index is -4.61. The Balaban J connectivity index is 1.83. The lowest BCUT2D eigenvalue weighted by molar-refractivity contribution is -0.137. The van der Waals surface area contributed by atoms with E-state index in [2.05, 4.69) is 10.1 Å². The second kappa shape index (κ2) is 10.1. The summed E-state index contributed by atoms with van der Waals surface area (Å²) in [6.45, 7) is -0.760. The van der Waals surface area contributed by atoms with Gasteiger partial charge in [-0.3, -0.25) is 4.79 Å². The maximum atomic E-state index is 13.1. The number of carbonyl (C=O) groups excluding carboxylic acids is 2. The number of aromatic nitrogens is 1. The van der Waals surface area contributed by atoms with E-state index in [4.69, 9.17) is 16.3 Å². The number of nitrogens with zero attached hydrogens (tertiary/aromatic N) is 3. The number of carbonyl (C=O) groups is 2.